The Morgan fingerprint density at radius 1 is 1.23 bits per heavy atom. The second-order valence-electron chi connectivity index (χ2n) is 3.21. The van der Waals surface area contributed by atoms with Crippen molar-refractivity contribution in [3.63, 3.8) is 0 Å². The van der Waals surface area contributed by atoms with E-state index >= 15 is 0 Å². The van der Waals surface area contributed by atoms with E-state index < -0.39 is 6.16 Å². The maximum absolute atomic E-state index is 8.56. The lowest BCUT2D eigenvalue weighted by atomic mass is 9.89. The molecule has 1 aliphatic carbocycles. The van der Waals surface area contributed by atoms with Crippen molar-refractivity contribution in [2.24, 2.45) is 5.92 Å². The van der Waals surface area contributed by atoms with Crippen LogP contribution in [0.4, 0.5) is 4.79 Å². The summed E-state index contributed by atoms with van der Waals surface area (Å²) in [5.41, 5.74) is 0. The van der Waals surface area contributed by atoms with Gasteiger partial charge in [-0.05, 0) is 25.7 Å². The first-order valence-corrected chi connectivity index (χ1v) is 4.71. The van der Waals surface area contributed by atoms with Crippen LogP contribution in [0.15, 0.2) is 12.2 Å². The van der Waals surface area contributed by atoms with Crippen LogP contribution in [0.2, 0.25) is 0 Å². The first kappa shape index (κ1) is 12.0. The second-order valence-corrected chi connectivity index (χ2v) is 3.21. The van der Waals surface area contributed by atoms with Crippen LogP contribution in [0.25, 0.3) is 0 Å². The highest BCUT2D eigenvalue weighted by Crippen LogP contribution is 2.24. The van der Waals surface area contributed by atoms with E-state index in [1.165, 1.54) is 32.1 Å². The Balaban J connectivity index is 0.000000310. The molecule has 0 saturated heterocycles. The van der Waals surface area contributed by atoms with Gasteiger partial charge < -0.3 is 10.2 Å². The molecule has 0 radical (unpaired) electrons. The molecule has 0 aliphatic heterocycles. The normalized spacial score (nSPS) is 17.9. The molecule has 1 fully saturated rings. The molecule has 0 aromatic heterocycles. The largest absolute Gasteiger partial charge is 0.503 e. The van der Waals surface area contributed by atoms with Crippen molar-refractivity contribution >= 4 is 6.16 Å². The van der Waals surface area contributed by atoms with E-state index in [0.29, 0.717) is 0 Å². The van der Waals surface area contributed by atoms with Crippen LogP contribution in [-0.4, -0.2) is 16.4 Å². The molecule has 0 unspecified atom stereocenters. The molecule has 76 valence electrons. The van der Waals surface area contributed by atoms with Crippen molar-refractivity contribution in [3.05, 3.63) is 12.2 Å². The molecule has 0 atom stereocenters. The molecule has 0 spiro atoms. The summed E-state index contributed by atoms with van der Waals surface area (Å²) in [5.74, 6) is 0.920. The predicted octanol–water partition coefficient (Wildman–Crippen LogP) is 3.37. The topological polar surface area (TPSA) is 57.5 Å². The number of carboxylic acid groups (broad SMARTS) is 2. The Kier molecular flexibility index (Phi) is 7.07. The molecule has 1 saturated carbocycles. The molecular weight excluding hydrogens is 168 g/mol. The standard InChI is InChI=1S/C9H16.CH2O3/c1-2-6-9-7-4-3-5-8-9;2-1(3)4/h2,6,9H,3-5,7-8H2,1H3;(H2,2,3,4). The Bertz CT molecular complexity index is 154. The number of carbonyl (C=O) groups is 1. The van der Waals surface area contributed by atoms with Gasteiger partial charge >= 0.3 is 6.16 Å². The highest BCUT2D eigenvalue weighted by Gasteiger charge is 2.08. The van der Waals surface area contributed by atoms with E-state index in [9.17, 15) is 0 Å². The van der Waals surface area contributed by atoms with Gasteiger partial charge in [-0.3, -0.25) is 0 Å². The van der Waals surface area contributed by atoms with Crippen LogP contribution in [0.5, 0.6) is 0 Å². The van der Waals surface area contributed by atoms with E-state index in [1.54, 1.807) is 0 Å². The lowest BCUT2D eigenvalue weighted by molar-refractivity contribution is 0.137. The van der Waals surface area contributed by atoms with Gasteiger partial charge in [-0.15, -0.1) is 0 Å². The molecule has 3 heteroatoms. The summed E-state index contributed by atoms with van der Waals surface area (Å²) in [4.78, 5) is 8.56. The van der Waals surface area contributed by atoms with Crippen LogP contribution in [0.1, 0.15) is 39.0 Å². The summed E-state index contributed by atoms with van der Waals surface area (Å²) in [7, 11) is 0. The van der Waals surface area contributed by atoms with Crippen LogP contribution in [0, 0.1) is 5.92 Å². The summed E-state index contributed by atoms with van der Waals surface area (Å²) in [5, 5.41) is 13.9. The number of hydrogen-bond acceptors (Lipinski definition) is 1. The van der Waals surface area contributed by atoms with Crippen molar-refractivity contribution in [2.45, 2.75) is 39.0 Å². The van der Waals surface area contributed by atoms with E-state index in [0.717, 1.165) is 5.92 Å². The van der Waals surface area contributed by atoms with E-state index in [4.69, 9.17) is 15.0 Å². The minimum absolute atomic E-state index is 0.920. The molecule has 1 aliphatic rings. The fraction of sp³-hybridized carbons (Fsp3) is 0.700. The average Bonchev–Trinajstić information content (AvgIpc) is 2.06. The first-order chi connectivity index (χ1) is 6.16. The number of hydrogen-bond donors (Lipinski definition) is 2. The minimum atomic E-state index is -1.83. The zero-order valence-corrected chi connectivity index (χ0v) is 8.07. The lowest BCUT2D eigenvalue weighted by Crippen LogP contribution is -2.01. The third-order valence-corrected chi connectivity index (χ3v) is 2.11. The highest BCUT2D eigenvalue weighted by atomic mass is 16.6. The summed E-state index contributed by atoms with van der Waals surface area (Å²) >= 11 is 0. The van der Waals surface area contributed by atoms with E-state index in [1.807, 2.05) is 0 Å². The summed E-state index contributed by atoms with van der Waals surface area (Å²) in [6, 6.07) is 0. The zero-order valence-electron chi connectivity index (χ0n) is 8.07. The van der Waals surface area contributed by atoms with Gasteiger partial charge in [0.15, 0.2) is 0 Å². The van der Waals surface area contributed by atoms with Crippen molar-refractivity contribution < 1.29 is 15.0 Å². The second kappa shape index (κ2) is 7.65. The Hall–Kier alpha value is -0.990. The SMILES string of the molecule is CC=CC1CCCCC1.O=C(O)O. The van der Waals surface area contributed by atoms with Crippen LogP contribution in [-0.2, 0) is 0 Å². The van der Waals surface area contributed by atoms with Gasteiger partial charge in [0, 0.05) is 0 Å². The fourth-order valence-corrected chi connectivity index (χ4v) is 1.60. The summed E-state index contributed by atoms with van der Waals surface area (Å²) < 4.78 is 0. The Morgan fingerprint density at radius 3 is 2.08 bits per heavy atom. The van der Waals surface area contributed by atoms with Gasteiger partial charge in [-0.1, -0.05) is 31.4 Å². The Labute approximate surface area is 79.1 Å². The predicted molar refractivity (Wildman–Crippen MR) is 52.0 cm³/mol. The van der Waals surface area contributed by atoms with Gasteiger partial charge in [-0.25, -0.2) is 4.79 Å². The minimum Gasteiger partial charge on any atom is -0.450 e. The van der Waals surface area contributed by atoms with Crippen LogP contribution in [0.3, 0.4) is 0 Å². The molecule has 2 N–H and O–H groups in total. The number of allylic oxidation sites excluding steroid dienone is 2. The summed E-state index contributed by atoms with van der Waals surface area (Å²) in [6.45, 7) is 2.12. The maximum atomic E-state index is 8.56. The lowest BCUT2D eigenvalue weighted by Gasteiger charge is -2.17. The third kappa shape index (κ3) is 8.92. The molecule has 0 amide bonds. The van der Waals surface area contributed by atoms with Gasteiger partial charge in [-0.2, -0.15) is 0 Å². The molecule has 0 aromatic rings. The van der Waals surface area contributed by atoms with Gasteiger partial charge in [0.1, 0.15) is 0 Å². The molecule has 0 bridgehead atoms. The van der Waals surface area contributed by atoms with Crippen LogP contribution >= 0.6 is 0 Å². The highest BCUT2D eigenvalue weighted by molar-refractivity contribution is 5.53. The number of rotatable bonds is 1. The maximum Gasteiger partial charge on any atom is 0.503 e. The van der Waals surface area contributed by atoms with Crippen molar-refractivity contribution in [1.29, 1.82) is 0 Å². The molecule has 3 nitrogen and oxygen atoms in total. The Morgan fingerprint density at radius 2 is 1.69 bits per heavy atom. The smallest absolute Gasteiger partial charge is 0.450 e. The molecule has 13 heavy (non-hydrogen) atoms. The average molecular weight is 186 g/mol. The van der Waals surface area contributed by atoms with Crippen LogP contribution < -0.4 is 0 Å². The quantitative estimate of drug-likeness (QED) is 0.617. The fourth-order valence-electron chi connectivity index (χ4n) is 1.60. The zero-order chi connectivity index (χ0) is 10.1. The third-order valence-electron chi connectivity index (χ3n) is 2.11. The molecular formula is C10H18O3. The molecule has 1 rings (SSSR count). The summed E-state index contributed by atoms with van der Waals surface area (Å²) in [6.07, 6.45) is 9.96. The van der Waals surface area contributed by atoms with Crippen molar-refractivity contribution in [3.8, 4) is 0 Å². The van der Waals surface area contributed by atoms with Crippen molar-refractivity contribution in [2.75, 3.05) is 0 Å². The van der Waals surface area contributed by atoms with E-state index in [2.05, 4.69) is 19.1 Å². The first-order valence-electron chi connectivity index (χ1n) is 4.71. The monoisotopic (exact) mass is 186 g/mol. The van der Waals surface area contributed by atoms with E-state index in [-0.39, 0.29) is 0 Å². The molecule has 0 aromatic carbocycles. The molecule has 0 heterocycles. The van der Waals surface area contributed by atoms with Gasteiger partial charge in [0.2, 0.25) is 0 Å². The van der Waals surface area contributed by atoms with Gasteiger partial charge in [0.05, 0.1) is 0 Å². The van der Waals surface area contributed by atoms with Crippen molar-refractivity contribution in [1.82, 2.24) is 0 Å². The van der Waals surface area contributed by atoms with Gasteiger partial charge in [0.25, 0.3) is 0 Å².